The Morgan fingerprint density at radius 2 is 2.36 bits per heavy atom. The van der Waals surface area contributed by atoms with Crippen LogP contribution in [0.25, 0.3) is 11.5 Å². The molecule has 5 nitrogen and oxygen atoms in total. The Bertz CT molecular complexity index is 450. The van der Waals surface area contributed by atoms with E-state index in [1.54, 1.807) is 24.5 Å². The second kappa shape index (κ2) is 3.29. The molecule has 0 saturated carbocycles. The highest BCUT2D eigenvalue weighted by molar-refractivity contribution is 5.85. The van der Waals surface area contributed by atoms with Crippen LogP contribution in [0.2, 0.25) is 0 Å². The normalized spacial score (nSPS) is 10.0. The highest BCUT2D eigenvalue weighted by atomic mass is 16.4. The first-order valence-corrected chi connectivity index (χ1v) is 3.86. The molecule has 2 aromatic heterocycles. The van der Waals surface area contributed by atoms with Crippen LogP contribution in [0.4, 0.5) is 0 Å². The molecule has 0 spiro atoms. The number of carboxylic acid groups (broad SMARTS) is 1. The summed E-state index contributed by atoms with van der Waals surface area (Å²) in [6.45, 7) is 0. The second-order valence-electron chi connectivity index (χ2n) is 2.58. The summed E-state index contributed by atoms with van der Waals surface area (Å²) in [4.78, 5) is 18.1. The summed E-state index contributed by atoms with van der Waals surface area (Å²) in [6.07, 6.45) is 4.27. The van der Waals surface area contributed by atoms with Gasteiger partial charge in [-0.3, -0.25) is 4.98 Å². The Hall–Kier alpha value is -2.17. The van der Waals surface area contributed by atoms with E-state index in [1.165, 1.54) is 0 Å². The van der Waals surface area contributed by atoms with E-state index in [2.05, 4.69) is 9.97 Å². The number of carbonyl (C=O) groups is 1. The number of aromatic nitrogens is 2. The molecule has 1 N–H and O–H groups in total. The molecule has 5 heteroatoms. The van der Waals surface area contributed by atoms with Crippen molar-refractivity contribution < 1.29 is 14.3 Å². The van der Waals surface area contributed by atoms with Crippen LogP contribution in [-0.2, 0) is 0 Å². The lowest BCUT2D eigenvalue weighted by Gasteiger charge is -1.90. The molecule has 0 amide bonds. The number of pyridine rings is 1. The summed E-state index contributed by atoms with van der Waals surface area (Å²) in [5.41, 5.74) is 0.545. The topological polar surface area (TPSA) is 76.2 Å². The Labute approximate surface area is 79.0 Å². The Morgan fingerprint density at radius 1 is 1.50 bits per heavy atom. The molecular formula is C9H6N2O3. The van der Waals surface area contributed by atoms with E-state index >= 15 is 0 Å². The van der Waals surface area contributed by atoms with Gasteiger partial charge in [-0.1, -0.05) is 0 Å². The van der Waals surface area contributed by atoms with Crippen LogP contribution >= 0.6 is 0 Å². The van der Waals surface area contributed by atoms with Crippen LogP contribution in [0.1, 0.15) is 10.5 Å². The highest BCUT2D eigenvalue weighted by Gasteiger charge is 2.11. The number of nitrogens with zero attached hydrogens (tertiary/aromatic N) is 2. The molecule has 0 aliphatic carbocycles. The quantitative estimate of drug-likeness (QED) is 0.775. The summed E-state index contributed by atoms with van der Waals surface area (Å²) in [5, 5.41) is 8.61. The molecule has 0 atom stereocenters. The van der Waals surface area contributed by atoms with E-state index in [9.17, 15) is 4.79 Å². The van der Waals surface area contributed by atoms with Crippen molar-refractivity contribution >= 4 is 5.97 Å². The van der Waals surface area contributed by atoms with Crippen molar-refractivity contribution in [3.63, 3.8) is 0 Å². The number of aromatic carboxylic acids is 1. The molecule has 0 aromatic carbocycles. The Kier molecular flexibility index (Phi) is 1.98. The maximum absolute atomic E-state index is 10.5. The molecule has 2 heterocycles. The van der Waals surface area contributed by atoms with Crippen LogP contribution < -0.4 is 0 Å². The first-order valence-electron chi connectivity index (χ1n) is 3.86. The van der Waals surface area contributed by atoms with Crippen LogP contribution in [0.3, 0.4) is 0 Å². The summed E-state index contributed by atoms with van der Waals surface area (Å²) in [5.74, 6) is -0.848. The van der Waals surface area contributed by atoms with Crippen molar-refractivity contribution in [2.75, 3.05) is 0 Å². The lowest BCUT2D eigenvalue weighted by atomic mass is 10.3. The molecule has 0 radical (unpaired) electrons. The maximum atomic E-state index is 10.5. The zero-order valence-electron chi connectivity index (χ0n) is 7.04. The molecule has 0 fully saturated rings. The van der Waals surface area contributed by atoms with E-state index in [0.717, 1.165) is 6.26 Å². The molecule has 0 aliphatic rings. The second-order valence-corrected chi connectivity index (χ2v) is 2.58. The standard InChI is InChI=1S/C9H6N2O3/c12-9(13)7-5-14-8(11-7)6-2-1-3-10-4-6/h1-5H,(H,12,13). The van der Waals surface area contributed by atoms with E-state index in [1.807, 2.05) is 0 Å². The minimum absolute atomic E-state index is 0.108. The van der Waals surface area contributed by atoms with Crippen LogP contribution in [0.5, 0.6) is 0 Å². The van der Waals surface area contributed by atoms with Crippen molar-refractivity contribution in [2.24, 2.45) is 0 Å². The highest BCUT2D eigenvalue weighted by Crippen LogP contribution is 2.16. The molecule has 2 aromatic rings. The van der Waals surface area contributed by atoms with Gasteiger partial charge in [0.15, 0.2) is 5.69 Å². The van der Waals surface area contributed by atoms with Crippen molar-refractivity contribution in [3.8, 4) is 11.5 Å². The van der Waals surface area contributed by atoms with Gasteiger partial charge in [-0.2, -0.15) is 0 Å². The molecule has 0 aliphatic heterocycles. The molecule has 14 heavy (non-hydrogen) atoms. The SMILES string of the molecule is O=C(O)c1coc(-c2cccnc2)n1. The van der Waals surface area contributed by atoms with Crippen molar-refractivity contribution in [2.45, 2.75) is 0 Å². The van der Waals surface area contributed by atoms with E-state index in [0.29, 0.717) is 5.56 Å². The van der Waals surface area contributed by atoms with Crippen LogP contribution in [0.15, 0.2) is 35.2 Å². The van der Waals surface area contributed by atoms with Gasteiger partial charge in [-0.15, -0.1) is 0 Å². The molecule has 2 rings (SSSR count). The number of hydrogen-bond donors (Lipinski definition) is 1. The predicted molar refractivity (Wildman–Crippen MR) is 46.7 cm³/mol. The molecular weight excluding hydrogens is 184 g/mol. The van der Waals surface area contributed by atoms with E-state index in [-0.39, 0.29) is 11.6 Å². The minimum atomic E-state index is -1.11. The first kappa shape index (κ1) is 8.43. The fraction of sp³-hybridized carbons (Fsp3) is 0. The van der Waals surface area contributed by atoms with Gasteiger partial charge in [0.05, 0.1) is 5.56 Å². The average molecular weight is 190 g/mol. The molecule has 0 unspecified atom stereocenters. The van der Waals surface area contributed by atoms with Gasteiger partial charge >= 0.3 is 5.97 Å². The predicted octanol–water partition coefficient (Wildman–Crippen LogP) is 1.43. The van der Waals surface area contributed by atoms with Crippen molar-refractivity contribution in [1.29, 1.82) is 0 Å². The van der Waals surface area contributed by atoms with Crippen LogP contribution in [-0.4, -0.2) is 21.0 Å². The Morgan fingerprint density at radius 3 is 2.93 bits per heavy atom. The molecule has 0 bridgehead atoms. The van der Waals surface area contributed by atoms with E-state index in [4.69, 9.17) is 9.52 Å². The summed E-state index contributed by atoms with van der Waals surface area (Å²) in [7, 11) is 0. The third-order valence-corrected chi connectivity index (χ3v) is 1.63. The first-order chi connectivity index (χ1) is 6.77. The number of carboxylic acids is 1. The van der Waals surface area contributed by atoms with Crippen LogP contribution in [0, 0.1) is 0 Å². The average Bonchev–Trinajstić information content (AvgIpc) is 2.68. The van der Waals surface area contributed by atoms with Gasteiger partial charge in [0.2, 0.25) is 5.89 Å². The third kappa shape index (κ3) is 1.47. The summed E-state index contributed by atoms with van der Waals surface area (Å²) < 4.78 is 4.98. The smallest absolute Gasteiger partial charge is 0.357 e. The number of hydrogen-bond acceptors (Lipinski definition) is 4. The summed E-state index contributed by atoms with van der Waals surface area (Å²) in [6, 6.07) is 3.46. The fourth-order valence-electron chi connectivity index (χ4n) is 0.994. The molecule has 70 valence electrons. The van der Waals surface area contributed by atoms with Gasteiger partial charge < -0.3 is 9.52 Å². The summed E-state index contributed by atoms with van der Waals surface area (Å²) >= 11 is 0. The Balaban J connectivity index is 2.39. The lowest BCUT2D eigenvalue weighted by Crippen LogP contribution is -1.95. The largest absolute Gasteiger partial charge is 0.476 e. The number of oxazole rings is 1. The zero-order valence-corrected chi connectivity index (χ0v) is 7.04. The minimum Gasteiger partial charge on any atom is -0.476 e. The van der Waals surface area contributed by atoms with Gasteiger partial charge in [-0.25, -0.2) is 9.78 Å². The monoisotopic (exact) mass is 190 g/mol. The van der Waals surface area contributed by atoms with Gasteiger partial charge in [0.1, 0.15) is 6.26 Å². The van der Waals surface area contributed by atoms with Gasteiger partial charge in [0, 0.05) is 12.4 Å². The van der Waals surface area contributed by atoms with Gasteiger partial charge in [0.25, 0.3) is 0 Å². The third-order valence-electron chi connectivity index (χ3n) is 1.63. The van der Waals surface area contributed by atoms with Crippen molar-refractivity contribution in [1.82, 2.24) is 9.97 Å². The number of rotatable bonds is 2. The zero-order chi connectivity index (χ0) is 9.97. The fourth-order valence-corrected chi connectivity index (χ4v) is 0.994. The maximum Gasteiger partial charge on any atom is 0.357 e. The van der Waals surface area contributed by atoms with Gasteiger partial charge in [-0.05, 0) is 12.1 Å². The van der Waals surface area contributed by atoms with E-state index < -0.39 is 5.97 Å². The lowest BCUT2D eigenvalue weighted by molar-refractivity contribution is 0.0690. The molecule has 0 saturated heterocycles. The van der Waals surface area contributed by atoms with Crippen molar-refractivity contribution in [3.05, 3.63) is 36.5 Å².